The van der Waals surface area contributed by atoms with Crippen molar-refractivity contribution in [1.82, 2.24) is 4.98 Å². The molecule has 2 heterocycles. The number of carbonyl (C=O) groups is 1. The number of anilines is 1. The Morgan fingerprint density at radius 1 is 1.39 bits per heavy atom. The maximum Gasteiger partial charge on any atom is 0.274 e. The smallest absolute Gasteiger partial charge is 0.274 e. The lowest BCUT2D eigenvalue weighted by Gasteiger charge is -2.36. The zero-order chi connectivity index (χ0) is 19.7. The van der Waals surface area contributed by atoms with Gasteiger partial charge in [-0.3, -0.25) is 9.79 Å². The van der Waals surface area contributed by atoms with Gasteiger partial charge in [0.25, 0.3) is 5.91 Å². The van der Waals surface area contributed by atoms with Crippen LogP contribution in [0, 0.1) is 17.2 Å². The van der Waals surface area contributed by atoms with Gasteiger partial charge in [-0.1, -0.05) is 29.8 Å². The number of aromatic nitrogens is 1. The highest BCUT2D eigenvalue weighted by molar-refractivity contribution is 8.13. The first-order valence-electron chi connectivity index (χ1n) is 8.97. The number of aliphatic imine (C=N–C) groups is 1. The summed E-state index contributed by atoms with van der Waals surface area (Å²) in [6.45, 7) is 0. The Morgan fingerprint density at radius 2 is 2.25 bits per heavy atom. The van der Waals surface area contributed by atoms with E-state index in [-0.39, 0.29) is 17.1 Å². The van der Waals surface area contributed by atoms with Gasteiger partial charge in [-0.2, -0.15) is 5.26 Å². The van der Waals surface area contributed by atoms with Crippen molar-refractivity contribution in [3.05, 3.63) is 58.4 Å². The zero-order valence-corrected chi connectivity index (χ0v) is 16.6. The van der Waals surface area contributed by atoms with E-state index in [0.29, 0.717) is 27.4 Å². The van der Waals surface area contributed by atoms with Crippen molar-refractivity contribution in [2.45, 2.75) is 24.8 Å². The second-order valence-electron chi connectivity index (χ2n) is 7.00. The van der Waals surface area contributed by atoms with E-state index in [1.807, 2.05) is 18.2 Å². The molecule has 28 heavy (non-hydrogen) atoms. The van der Waals surface area contributed by atoms with Gasteiger partial charge >= 0.3 is 0 Å². The summed E-state index contributed by atoms with van der Waals surface area (Å²) in [6, 6.07) is 10.6. The molecule has 0 radical (unpaired) electrons. The van der Waals surface area contributed by atoms with E-state index < -0.39 is 0 Å². The van der Waals surface area contributed by atoms with Crippen LogP contribution in [0.25, 0.3) is 0 Å². The van der Waals surface area contributed by atoms with Crippen LogP contribution in [0.3, 0.4) is 0 Å². The van der Waals surface area contributed by atoms with Gasteiger partial charge in [0.1, 0.15) is 11.8 Å². The highest BCUT2D eigenvalue weighted by atomic mass is 35.5. The molecule has 6 nitrogen and oxygen atoms in total. The Kier molecular flexibility index (Phi) is 5.00. The summed E-state index contributed by atoms with van der Waals surface area (Å²) < 4.78 is 0. The number of hydrogen-bond donors (Lipinski definition) is 2. The van der Waals surface area contributed by atoms with Crippen molar-refractivity contribution in [2.24, 2.45) is 16.6 Å². The molecule has 2 aliphatic rings. The fraction of sp³-hybridized carbons (Fsp3) is 0.300. The molecule has 1 aliphatic carbocycles. The molecule has 1 aliphatic heterocycles. The molecule has 1 saturated carbocycles. The molecule has 2 atom stereocenters. The number of halogens is 1. The van der Waals surface area contributed by atoms with Crippen LogP contribution in [-0.4, -0.2) is 21.8 Å². The molecular weight excluding hydrogens is 394 g/mol. The summed E-state index contributed by atoms with van der Waals surface area (Å²) in [6.07, 6.45) is 4.49. The summed E-state index contributed by atoms with van der Waals surface area (Å²) in [5, 5.41) is 12.8. The minimum absolute atomic E-state index is 0.230. The van der Waals surface area contributed by atoms with Crippen molar-refractivity contribution in [2.75, 3.05) is 11.1 Å². The van der Waals surface area contributed by atoms with Gasteiger partial charge < -0.3 is 11.1 Å². The summed E-state index contributed by atoms with van der Waals surface area (Å²) in [5.74, 6) is 0.992. The Morgan fingerprint density at radius 3 is 3.00 bits per heavy atom. The number of hydrogen-bond acceptors (Lipinski definition) is 6. The van der Waals surface area contributed by atoms with Crippen LogP contribution >= 0.6 is 23.4 Å². The van der Waals surface area contributed by atoms with Crippen molar-refractivity contribution >= 4 is 40.1 Å². The van der Waals surface area contributed by atoms with Gasteiger partial charge in [0, 0.05) is 22.7 Å². The molecule has 8 heteroatoms. The quantitative estimate of drug-likeness (QED) is 0.796. The monoisotopic (exact) mass is 411 g/mol. The van der Waals surface area contributed by atoms with Crippen molar-refractivity contribution in [3.8, 4) is 6.07 Å². The van der Waals surface area contributed by atoms with Gasteiger partial charge in [0.15, 0.2) is 5.17 Å². The minimum Gasteiger partial charge on any atom is -0.379 e. The third-order valence-corrected chi connectivity index (χ3v) is 6.48. The van der Waals surface area contributed by atoms with Crippen LogP contribution in [-0.2, 0) is 5.54 Å². The molecule has 142 valence electrons. The summed E-state index contributed by atoms with van der Waals surface area (Å²) >= 11 is 7.97. The lowest BCUT2D eigenvalue weighted by atomic mass is 9.81. The molecule has 0 saturated heterocycles. The summed E-state index contributed by atoms with van der Waals surface area (Å²) in [5.41, 5.74) is 7.88. The molecule has 1 aromatic heterocycles. The number of amidine groups is 1. The van der Waals surface area contributed by atoms with Crippen molar-refractivity contribution in [3.63, 3.8) is 0 Å². The fourth-order valence-electron chi connectivity index (χ4n) is 3.99. The van der Waals surface area contributed by atoms with Crippen LogP contribution < -0.4 is 11.1 Å². The molecular formula is C20H18ClN5OS. The van der Waals surface area contributed by atoms with Crippen LogP contribution in [0.2, 0.25) is 5.02 Å². The second kappa shape index (κ2) is 7.46. The van der Waals surface area contributed by atoms with E-state index in [1.165, 1.54) is 12.3 Å². The van der Waals surface area contributed by atoms with Crippen LogP contribution in [0.5, 0.6) is 0 Å². The first kappa shape index (κ1) is 18.8. The lowest BCUT2D eigenvalue weighted by Crippen LogP contribution is -2.36. The second-order valence-corrected chi connectivity index (χ2v) is 8.48. The molecule has 1 fully saturated rings. The predicted molar refractivity (Wildman–Crippen MR) is 111 cm³/mol. The number of carbonyl (C=O) groups excluding carboxylic acids is 1. The van der Waals surface area contributed by atoms with E-state index in [2.05, 4.69) is 10.3 Å². The Hall–Kier alpha value is -2.56. The standard InChI is InChI=1S/C20H18ClN5OS/c21-15-6-14(20-5-1-2-13(20)11-28-19(23)26-20)7-16(8-15)25-18(27)17-4-3-12(9-22)10-24-17/h3-4,6-8,10,13H,1-2,5,11H2,(H2,23,26)(H,25,27). The zero-order valence-electron chi connectivity index (χ0n) is 15.0. The van der Waals surface area contributed by atoms with E-state index in [9.17, 15) is 4.79 Å². The lowest BCUT2D eigenvalue weighted by molar-refractivity contribution is 0.102. The highest BCUT2D eigenvalue weighted by Crippen LogP contribution is 2.51. The maximum atomic E-state index is 12.5. The van der Waals surface area contributed by atoms with Gasteiger partial charge in [0.05, 0.1) is 11.1 Å². The molecule has 2 unspecified atom stereocenters. The van der Waals surface area contributed by atoms with Crippen LogP contribution in [0.1, 0.15) is 40.9 Å². The number of pyridine rings is 1. The Bertz CT molecular complexity index is 1000. The third kappa shape index (κ3) is 3.46. The average molecular weight is 412 g/mol. The Labute approximate surface area is 172 Å². The molecule has 1 amide bonds. The number of amides is 1. The minimum atomic E-state index is -0.369. The number of nitrogens with zero attached hydrogens (tertiary/aromatic N) is 3. The number of fused-ring (bicyclic) bond motifs is 1. The molecule has 3 N–H and O–H groups in total. The van der Waals surface area contributed by atoms with E-state index in [4.69, 9.17) is 27.6 Å². The number of nitriles is 1. The first-order valence-corrected chi connectivity index (χ1v) is 10.3. The first-order chi connectivity index (χ1) is 13.5. The van der Waals surface area contributed by atoms with E-state index >= 15 is 0 Å². The topological polar surface area (TPSA) is 104 Å². The molecule has 4 rings (SSSR count). The van der Waals surface area contributed by atoms with Gasteiger partial charge in [0.2, 0.25) is 0 Å². The molecule has 1 aromatic carbocycles. The summed E-state index contributed by atoms with van der Waals surface area (Å²) in [7, 11) is 0. The molecule has 0 bridgehead atoms. The van der Waals surface area contributed by atoms with Crippen molar-refractivity contribution < 1.29 is 4.79 Å². The SMILES string of the molecule is N#Cc1ccc(C(=O)Nc2cc(Cl)cc(C34CCCC3CSC(N)=N4)c2)nc1. The third-order valence-electron chi connectivity index (χ3n) is 5.31. The highest BCUT2D eigenvalue weighted by Gasteiger charge is 2.46. The van der Waals surface area contributed by atoms with E-state index in [0.717, 1.165) is 30.6 Å². The largest absolute Gasteiger partial charge is 0.379 e. The predicted octanol–water partition coefficient (Wildman–Crippen LogP) is 3.92. The van der Waals surface area contributed by atoms with Crippen molar-refractivity contribution in [1.29, 1.82) is 5.26 Å². The number of nitrogens with two attached hydrogens (primary N) is 1. The molecule has 2 aromatic rings. The molecule has 0 spiro atoms. The van der Waals surface area contributed by atoms with Gasteiger partial charge in [-0.05, 0) is 54.7 Å². The average Bonchev–Trinajstić information content (AvgIpc) is 3.12. The van der Waals surface area contributed by atoms with Gasteiger partial charge in [-0.15, -0.1) is 0 Å². The Balaban J connectivity index is 1.65. The number of nitrogens with one attached hydrogen (secondary N) is 1. The van der Waals surface area contributed by atoms with Crippen LogP contribution in [0.4, 0.5) is 5.69 Å². The maximum absolute atomic E-state index is 12.5. The van der Waals surface area contributed by atoms with Crippen LogP contribution in [0.15, 0.2) is 41.5 Å². The number of benzene rings is 1. The normalized spacial score (nSPS) is 23.4. The fourth-order valence-corrected chi connectivity index (χ4v) is 5.27. The van der Waals surface area contributed by atoms with Gasteiger partial charge in [-0.25, -0.2) is 4.98 Å². The number of thioether (sulfide) groups is 1. The summed E-state index contributed by atoms with van der Waals surface area (Å²) in [4.78, 5) is 21.4. The van der Waals surface area contributed by atoms with E-state index in [1.54, 1.807) is 23.9 Å². The number of rotatable bonds is 3.